The first kappa shape index (κ1) is 13.9. The first-order chi connectivity index (χ1) is 9.41. The molecule has 3 saturated carbocycles. The molecule has 3 fully saturated rings. The fraction of sp³-hybridized carbons (Fsp3) is 0.667. The number of ether oxygens (including phenoxy) is 1. The van der Waals surface area contributed by atoms with Gasteiger partial charge in [0.05, 0.1) is 12.7 Å². The summed E-state index contributed by atoms with van der Waals surface area (Å²) in [5, 5.41) is 10.5. The van der Waals surface area contributed by atoms with Crippen molar-refractivity contribution >= 4 is 0 Å². The van der Waals surface area contributed by atoms with Gasteiger partial charge in [0, 0.05) is 0 Å². The average Bonchev–Trinajstić information content (AvgIpc) is 2.48. The van der Waals surface area contributed by atoms with Crippen LogP contribution in [0.5, 0.6) is 5.75 Å². The number of methoxy groups -OCH3 is 1. The second-order valence-corrected chi connectivity index (χ2v) is 7.35. The minimum absolute atomic E-state index is 0.154. The Kier molecular flexibility index (Phi) is 3.13. The van der Waals surface area contributed by atoms with E-state index in [2.05, 4.69) is 24.3 Å². The molecule has 3 aliphatic carbocycles. The van der Waals surface area contributed by atoms with Crippen molar-refractivity contribution in [1.82, 2.24) is 0 Å². The molecule has 0 atom stereocenters. The lowest BCUT2D eigenvalue weighted by Gasteiger charge is -2.58. The van der Waals surface area contributed by atoms with Crippen molar-refractivity contribution in [2.24, 2.45) is 5.41 Å². The SMILES string of the molecule is COc1ccc(C23CCC(C(C)(C)O)(CC2)CC3)cc1. The minimum Gasteiger partial charge on any atom is -0.497 e. The zero-order valence-electron chi connectivity index (χ0n) is 12.9. The van der Waals surface area contributed by atoms with Gasteiger partial charge in [0.1, 0.15) is 5.75 Å². The van der Waals surface area contributed by atoms with Gasteiger partial charge in [-0.15, -0.1) is 0 Å². The predicted octanol–water partition coefficient (Wildman–Crippen LogP) is 4.06. The Labute approximate surface area is 122 Å². The molecule has 2 heteroatoms. The third-order valence-corrected chi connectivity index (χ3v) is 6.25. The van der Waals surface area contributed by atoms with E-state index >= 15 is 0 Å². The van der Waals surface area contributed by atoms with E-state index < -0.39 is 5.60 Å². The maximum atomic E-state index is 10.5. The van der Waals surface area contributed by atoms with Gasteiger partial charge in [-0.1, -0.05) is 12.1 Å². The second-order valence-electron chi connectivity index (χ2n) is 7.35. The van der Waals surface area contributed by atoms with Crippen molar-refractivity contribution in [2.75, 3.05) is 7.11 Å². The molecule has 4 rings (SSSR count). The van der Waals surface area contributed by atoms with E-state index in [0.717, 1.165) is 25.0 Å². The van der Waals surface area contributed by atoms with Gasteiger partial charge in [0.15, 0.2) is 0 Å². The number of hydrogen-bond acceptors (Lipinski definition) is 2. The van der Waals surface area contributed by atoms with Crippen LogP contribution in [0.25, 0.3) is 0 Å². The Hall–Kier alpha value is -1.02. The topological polar surface area (TPSA) is 29.5 Å². The van der Waals surface area contributed by atoms with Crippen LogP contribution in [0.15, 0.2) is 24.3 Å². The molecule has 2 nitrogen and oxygen atoms in total. The minimum atomic E-state index is -0.542. The van der Waals surface area contributed by atoms with Crippen molar-refractivity contribution in [1.29, 1.82) is 0 Å². The standard InChI is InChI=1S/C18H26O2/c1-16(2,19)18-11-8-17(9-12-18,10-13-18)14-4-6-15(20-3)7-5-14/h4-7,19H,8-13H2,1-3H3. The maximum absolute atomic E-state index is 10.5. The van der Waals surface area contributed by atoms with Crippen molar-refractivity contribution in [2.45, 2.75) is 63.4 Å². The highest BCUT2D eigenvalue weighted by Gasteiger charge is 2.54. The normalized spacial score (nSPS) is 33.2. The van der Waals surface area contributed by atoms with Crippen LogP contribution in [-0.4, -0.2) is 17.8 Å². The third-order valence-electron chi connectivity index (χ3n) is 6.25. The number of hydrogen-bond donors (Lipinski definition) is 1. The lowest BCUT2D eigenvalue weighted by atomic mass is 9.48. The van der Waals surface area contributed by atoms with Crippen LogP contribution in [0.2, 0.25) is 0 Å². The number of fused-ring (bicyclic) bond motifs is 3. The second kappa shape index (κ2) is 4.49. The average molecular weight is 274 g/mol. The smallest absolute Gasteiger partial charge is 0.118 e. The summed E-state index contributed by atoms with van der Waals surface area (Å²) in [6.07, 6.45) is 7.10. The Morgan fingerprint density at radius 3 is 1.85 bits per heavy atom. The maximum Gasteiger partial charge on any atom is 0.118 e. The molecule has 1 N–H and O–H groups in total. The van der Waals surface area contributed by atoms with Crippen molar-refractivity contribution in [3.8, 4) is 5.75 Å². The lowest BCUT2D eigenvalue weighted by Crippen LogP contribution is -2.53. The lowest BCUT2D eigenvalue weighted by molar-refractivity contribution is -0.120. The quantitative estimate of drug-likeness (QED) is 0.900. The Balaban J connectivity index is 1.84. The molecule has 110 valence electrons. The number of rotatable bonds is 3. The predicted molar refractivity (Wildman–Crippen MR) is 81.1 cm³/mol. The Bertz CT molecular complexity index is 457. The van der Waals surface area contributed by atoms with Crippen LogP contribution in [0.4, 0.5) is 0 Å². The Morgan fingerprint density at radius 2 is 1.45 bits per heavy atom. The van der Waals surface area contributed by atoms with E-state index in [1.54, 1.807) is 7.11 Å². The Morgan fingerprint density at radius 1 is 0.950 bits per heavy atom. The molecule has 2 bridgehead atoms. The molecule has 0 aliphatic heterocycles. The summed E-state index contributed by atoms with van der Waals surface area (Å²) in [6.45, 7) is 4.00. The van der Waals surface area contributed by atoms with Gasteiger partial charge in [-0.05, 0) is 80.9 Å². The molecule has 0 amide bonds. The van der Waals surface area contributed by atoms with E-state index in [1.165, 1.54) is 24.8 Å². The molecule has 0 aromatic heterocycles. The van der Waals surface area contributed by atoms with E-state index in [9.17, 15) is 5.11 Å². The summed E-state index contributed by atoms with van der Waals surface area (Å²) in [5.74, 6) is 0.933. The van der Waals surface area contributed by atoms with Crippen LogP contribution >= 0.6 is 0 Å². The fourth-order valence-corrected chi connectivity index (χ4v) is 4.48. The molecular weight excluding hydrogens is 248 g/mol. The van der Waals surface area contributed by atoms with Gasteiger partial charge >= 0.3 is 0 Å². The van der Waals surface area contributed by atoms with Crippen LogP contribution in [0, 0.1) is 5.41 Å². The zero-order valence-corrected chi connectivity index (χ0v) is 12.9. The largest absolute Gasteiger partial charge is 0.497 e. The summed E-state index contributed by atoms with van der Waals surface area (Å²) in [4.78, 5) is 0. The monoisotopic (exact) mass is 274 g/mol. The van der Waals surface area contributed by atoms with Gasteiger partial charge in [0.2, 0.25) is 0 Å². The van der Waals surface area contributed by atoms with Crippen molar-refractivity contribution in [3.63, 3.8) is 0 Å². The molecule has 0 saturated heterocycles. The summed E-state index contributed by atoms with van der Waals surface area (Å²) < 4.78 is 5.26. The third kappa shape index (κ3) is 1.96. The summed E-state index contributed by atoms with van der Waals surface area (Å²) in [6, 6.07) is 8.63. The molecule has 0 heterocycles. The zero-order chi connectivity index (χ0) is 14.4. The van der Waals surface area contributed by atoms with E-state index in [1.807, 2.05) is 13.8 Å². The summed E-state index contributed by atoms with van der Waals surface area (Å²) in [7, 11) is 1.71. The number of benzene rings is 1. The molecule has 3 aliphatic rings. The highest BCUT2D eigenvalue weighted by atomic mass is 16.5. The van der Waals surface area contributed by atoms with Gasteiger partial charge in [-0.25, -0.2) is 0 Å². The molecule has 0 spiro atoms. The molecular formula is C18H26O2. The first-order valence-electron chi connectivity index (χ1n) is 7.78. The summed E-state index contributed by atoms with van der Waals surface area (Å²) >= 11 is 0. The van der Waals surface area contributed by atoms with E-state index in [-0.39, 0.29) is 5.41 Å². The molecule has 1 aromatic rings. The van der Waals surface area contributed by atoms with Crippen LogP contribution in [-0.2, 0) is 5.41 Å². The highest BCUT2D eigenvalue weighted by Crippen LogP contribution is 2.61. The highest BCUT2D eigenvalue weighted by molar-refractivity contribution is 5.34. The molecule has 0 unspecified atom stereocenters. The van der Waals surface area contributed by atoms with E-state index in [0.29, 0.717) is 5.41 Å². The van der Waals surface area contributed by atoms with Gasteiger partial charge < -0.3 is 9.84 Å². The summed E-state index contributed by atoms with van der Waals surface area (Å²) in [5.41, 5.74) is 1.42. The fourth-order valence-electron chi connectivity index (χ4n) is 4.48. The molecule has 20 heavy (non-hydrogen) atoms. The van der Waals surface area contributed by atoms with Crippen LogP contribution in [0.1, 0.15) is 57.9 Å². The number of aliphatic hydroxyl groups is 1. The van der Waals surface area contributed by atoms with Crippen molar-refractivity contribution < 1.29 is 9.84 Å². The van der Waals surface area contributed by atoms with Crippen LogP contribution in [0.3, 0.4) is 0 Å². The van der Waals surface area contributed by atoms with Crippen LogP contribution < -0.4 is 4.74 Å². The molecule has 1 aromatic carbocycles. The van der Waals surface area contributed by atoms with Gasteiger partial charge in [-0.3, -0.25) is 0 Å². The first-order valence-corrected chi connectivity index (χ1v) is 7.78. The van der Waals surface area contributed by atoms with Crippen molar-refractivity contribution in [3.05, 3.63) is 29.8 Å². The van der Waals surface area contributed by atoms with Gasteiger partial charge in [-0.2, -0.15) is 0 Å². The molecule has 0 radical (unpaired) electrons. The van der Waals surface area contributed by atoms with E-state index in [4.69, 9.17) is 4.74 Å². The van der Waals surface area contributed by atoms with Gasteiger partial charge in [0.25, 0.3) is 0 Å².